The molecule has 1 saturated heterocycles. The molecule has 1 aliphatic heterocycles. The third-order valence-corrected chi connectivity index (χ3v) is 6.45. The van der Waals surface area contributed by atoms with E-state index in [1.807, 2.05) is 23.6 Å². The molecule has 0 spiro atoms. The molecule has 4 rings (SSSR count). The van der Waals surface area contributed by atoms with E-state index in [1.54, 1.807) is 10.6 Å². The molecule has 1 fully saturated rings. The van der Waals surface area contributed by atoms with Gasteiger partial charge in [-0.2, -0.15) is 5.26 Å². The average Bonchev–Trinajstić information content (AvgIpc) is 3.24. The van der Waals surface area contributed by atoms with E-state index in [2.05, 4.69) is 26.9 Å². The van der Waals surface area contributed by atoms with Crippen LogP contribution in [-0.2, 0) is 6.54 Å². The Morgan fingerprint density at radius 2 is 2.23 bits per heavy atom. The van der Waals surface area contributed by atoms with Gasteiger partial charge < -0.3 is 10.6 Å². The number of nitriles is 1. The largest absolute Gasteiger partial charge is 0.341 e. The minimum absolute atomic E-state index is 0.0772. The molecule has 3 heterocycles. The molecule has 0 aliphatic carbocycles. The maximum Gasteiger partial charge on any atom is 0.273 e. The van der Waals surface area contributed by atoms with Crippen LogP contribution < -0.4 is 16.2 Å². The van der Waals surface area contributed by atoms with Gasteiger partial charge in [-0.1, -0.05) is 18.2 Å². The zero-order valence-corrected chi connectivity index (χ0v) is 16.3. The van der Waals surface area contributed by atoms with Crippen LogP contribution in [0.1, 0.15) is 17.5 Å². The SMILES string of the molecule is N#Cc1ccccc1Cn1c(N2CC[C@@H](N)C2)nc2c(Br)csc2c1=O. The number of nitrogens with two attached hydrogens (primary N) is 1. The molecule has 1 aromatic carbocycles. The predicted molar refractivity (Wildman–Crippen MR) is 107 cm³/mol. The fourth-order valence-corrected chi connectivity index (χ4v) is 4.76. The number of anilines is 1. The summed E-state index contributed by atoms with van der Waals surface area (Å²) in [6.07, 6.45) is 0.869. The van der Waals surface area contributed by atoms with Gasteiger partial charge in [0, 0.05) is 24.5 Å². The first-order chi connectivity index (χ1) is 12.6. The van der Waals surface area contributed by atoms with Crippen molar-refractivity contribution in [3.8, 4) is 6.07 Å². The molecule has 0 unspecified atom stereocenters. The van der Waals surface area contributed by atoms with Gasteiger partial charge in [0.25, 0.3) is 5.56 Å². The van der Waals surface area contributed by atoms with Crippen LogP contribution in [0, 0.1) is 11.3 Å². The fourth-order valence-electron chi connectivity index (χ4n) is 3.25. The van der Waals surface area contributed by atoms with Crippen LogP contribution in [0.25, 0.3) is 10.2 Å². The van der Waals surface area contributed by atoms with Crippen LogP contribution in [0.5, 0.6) is 0 Å². The van der Waals surface area contributed by atoms with E-state index in [-0.39, 0.29) is 11.6 Å². The van der Waals surface area contributed by atoms with Gasteiger partial charge in [0.05, 0.1) is 22.7 Å². The van der Waals surface area contributed by atoms with E-state index in [9.17, 15) is 10.1 Å². The van der Waals surface area contributed by atoms with Crippen LogP contribution in [0.2, 0.25) is 0 Å². The van der Waals surface area contributed by atoms with Crippen molar-refractivity contribution >= 4 is 43.4 Å². The van der Waals surface area contributed by atoms with Gasteiger partial charge in [0.2, 0.25) is 5.95 Å². The second-order valence-electron chi connectivity index (χ2n) is 6.33. The number of halogens is 1. The first-order valence-corrected chi connectivity index (χ1v) is 9.92. The molecular weight excluding hydrogens is 414 g/mol. The summed E-state index contributed by atoms with van der Waals surface area (Å²) in [7, 11) is 0. The number of aromatic nitrogens is 2. The Hall–Kier alpha value is -2.21. The summed E-state index contributed by atoms with van der Waals surface area (Å²) < 4.78 is 3.10. The highest BCUT2D eigenvalue weighted by Crippen LogP contribution is 2.29. The Morgan fingerprint density at radius 3 is 2.96 bits per heavy atom. The van der Waals surface area contributed by atoms with Crippen LogP contribution >= 0.6 is 27.3 Å². The van der Waals surface area contributed by atoms with Crippen molar-refractivity contribution < 1.29 is 0 Å². The smallest absolute Gasteiger partial charge is 0.273 e. The minimum atomic E-state index is -0.0890. The molecule has 0 amide bonds. The van der Waals surface area contributed by atoms with E-state index in [1.165, 1.54) is 11.3 Å². The van der Waals surface area contributed by atoms with E-state index in [4.69, 9.17) is 10.7 Å². The Bertz CT molecular complexity index is 1080. The van der Waals surface area contributed by atoms with Crippen molar-refractivity contribution in [3.05, 3.63) is 55.6 Å². The summed E-state index contributed by atoms with van der Waals surface area (Å²) in [6.45, 7) is 1.74. The van der Waals surface area contributed by atoms with Crippen molar-refractivity contribution in [1.82, 2.24) is 9.55 Å². The number of rotatable bonds is 3. The normalized spacial score (nSPS) is 17.0. The van der Waals surface area contributed by atoms with E-state index in [0.717, 1.165) is 23.0 Å². The molecule has 3 aromatic rings. The molecule has 8 heteroatoms. The van der Waals surface area contributed by atoms with Crippen molar-refractivity contribution in [2.75, 3.05) is 18.0 Å². The summed E-state index contributed by atoms with van der Waals surface area (Å²) >= 11 is 4.86. The lowest BCUT2D eigenvalue weighted by atomic mass is 10.1. The zero-order chi connectivity index (χ0) is 18.3. The van der Waals surface area contributed by atoms with E-state index >= 15 is 0 Å². The molecule has 0 saturated carbocycles. The lowest BCUT2D eigenvalue weighted by Crippen LogP contribution is -2.33. The third-order valence-electron chi connectivity index (χ3n) is 4.59. The number of nitrogens with zero attached hydrogens (tertiary/aromatic N) is 4. The second-order valence-corrected chi connectivity index (χ2v) is 8.06. The zero-order valence-electron chi connectivity index (χ0n) is 13.9. The first-order valence-electron chi connectivity index (χ1n) is 8.24. The highest BCUT2D eigenvalue weighted by Gasteiger charge is 2.25. The maximum atomic E-state index is 13.2. The summed E-state index contributed by atoms with van der Waals surface area (Å²) in [5.74, 6) is 0.613. The second kappa shape index (κ2) is 6.83. The molecule has 1 aliphatic rings. The van der Waals surface area contributed by atoms with Gasteiger partial charge in [0.1, 0.15) is 10.2 Å². The van der Waals surface area contributed by atoms with Gasteiger partial charge >= 0.3 is 0 Å². The molecule has 0 bridgehead atoms. The van der Waals surface area contributed by atoms with Gasteiger partial charge in [-0.3, -0.25) is 9.36 Å². The minimum Gasteiger partial charge on any atom is -0.341 e. The third kappa shape index (κ3) is 2.92. The molecule has 6 nitrogen and oxygen atoms in total. The van der Waals surface area contributed by atoms with Gasteiger partial charge in [0.15, 0.2) is 0 Å². The lowest BCUT2D eigenvalue weighted by molar-refractivity contribution is 0.707. The van der Waals surface area contributed by atoms with E-state index in [0.29, 0.717) is 34.8 Å². The quantitative estimate of drug-likeness (QED) is 0.691. The van der Waals surface area contributed by atoms with Crippen LogP contribution in [0.3, 0.4) is 0 Å². The molecule has 0 radical (unpaired) electrons. The van der Waals surface area contributed by atoms with Gasteiger partial charge in [-0.25, -0.2) is 4.98 Å². The molecule has 26 heavy (non-hydrogen) atoms. The number of hydrogen-bond donors (Lipinski definition) is 1. The van der Waals surface area contributed by atoms with Gasteiger partial charge in [-0.15, -0.1) is 11.3 Å². The van der Waals surface area contributed by atoms with E-state index < -0.39 is 0 Å². The van der Waals surface area contributed by atoms with Crippen LogP contribution in [0.4, 0.5) is 5.95 Å². The Kier molecular flexibility index (Phi) is 4.53. The van der Waals surface area contributed by atoms with Crippen LogP contribution in [0.15, 0.2) is 38.9 Å². The number of thiophene rings is 1. The monoisotopic (exact) mass is 429 g/mol. The molecular formula is C18H16BrN5OS. The standard InChI is InChI=1S/C18H16BrN5OS/c19-14-10-26-16-15(14)22-18(23-6-5-13(21)9-23)24(17(16)25)8-12-4-2-1-3-11(12)7-20/h1-4,10,13H,5-6,8-9,21H2/t13-/m1/s1. The summed E-state index contributed by atoms with van der Waals surface area (Å²) in [4.78, 5) is 20.0. The molecule has 2 aromatic heterocycles. The maximum absolute atomic E-state index is 13.2. The summed E-state index contributed by atoms with van der Waals surface area (Å²) in [5.41, 5.74) is 8.03. The van der Waals surface area contributed by atoms with Crippen molar-refractivity contribution in [3.63, 3.8) is 0 Å². The molecule has 1 atom stereocenters. The van der Waals surface area contributed by atoms with Crippen molar-refractivity contribution in [2.24, 2.45) is 5.73 Å². The summed E-state index contributed by atoms with van der Waals surface area (Å²) in [5, 5.41) is 11.3. The molecule has 132 valence electrons. The number of hydrogen-bond acceptors (Lipinski definition) is 6. The Balaban J connectivity index is 1.90. The Labute approximate surface area is 162 Å². The highest BCUT2D eigenvalue weighted by atomic mass is 79.9. The highest BCUT2D eigenvalue weighted by molar-refractivity contribution is 9.10. The lowest BCUT2D eigenvalue weighted by Gasteiger charge is -2.22. The Morgan fingerprint density at radius 1 is 1.42 bits per heavy atom. The topological polar surface area (TPSA) is 87.9 Å². The number of fused-ring (bicyclic) bond motifs is 1. The molecule has 2 N–H and O–H groups in total. The predicted octanol–water partition coefficient (Wildman–Crippen LogP) is 2.68. The van der Waals surface area contributed by atoms with Crippen molar-refractivity contribution in [1.29, 1.82) is 5.26 Å². The number of benzene rings is 1. The summed E-state index contributed by atoms with van der Waals surface area (Å²) in [6, 6.07) is 9.61. The fraction of sp³-hybridized carbons (Fsp3) is 0.278. The average molecular weight is 430 g/mol. The van der Waals surface area contributed by atoms with Crippen LogP contribution in [-0.4, -0.2) is 28.7 Å². The van der Waals surface area contributed by atoms with Crippen molar-refractivity contribution in [2.45, 2.75) is 19.0 Å². The van der Waals surface area contributed by atoms with Gasteiger partial charge in [-0.05, 0) is 34.0 Å². The first kappa shape index (κ1) is 17.2.